The third-order valence-electron chi connectivity index (χ3n) is 3.33. The zero-order chi connectivity index (χ0) is 16.8. The van der Waals surface area contributed by atoms with Gasteiger partial charge in [0.05, 0.1) is 18.6 Å². The van der Waals surface area contributed by atoms with Crippen molar-refractivity contribution in [2.45, 2.75) is 5.16 Å². The monoisotopic (exact) mass is 339 g/mol. The molecule has 1 heterocycles. The van der Waals surface area contributed by atoms with Crippen LogP contribution in [0.15, 0.2) is 72.1 Å². The Kier molecular flexibility index (Phi) is 5.18. The van der Waals surface area contributed by atoms with E-state index < -0.39 is 0 Å². The fourth-order valence-electron chi connectivity index (χ4n) is 2.20. The highest BCUT2D eigenvalue weighted by atomic mass is 32.2. The van der Waals surface area contributed by atoms with E-state index in [9.17, 15) is 4.79 Å². The van der Waals surface area contributed by atoms with Crippen LogP contribution in [-0.4, -0.2) is 28.3 Å². The van der Waals surface area contributed by atoms with Gasteiger partial charge in [0, 0.05) is 24.1 Å². The van der Waals surface area contributed by atoms with Crippen molar-refractivity contribution in [3.05, 3.63) is 67.0 Å². The Morgan fingerprint density at radius 2 is 2.04 bits per heavy atom. The second-order valence-corrected chi connectivity index (χ2v) is 5.93. The van der Waals surface area contributed by atoms with Crippen molar-refractivity contribution in [1.29, 1.82) is 0 Å². The first kappa shape index (κ1) is 16.1. The van der Waals surface area contributed by atoms with Crippen LogP contribution in [0.3, 0.4) is 0 Å². The second-order valence-electron chi connectivity index (χ2n) is 4.98. The third-order valence-corrected chi connectivity index (χ3v) is 4.30. The lowest BCUT2D eigenvalue weighted by Gasteiger charge is -2.09. The van der Waals surface area contributed by atoms with Crippen molar-refractivity contribution >= 4 is 23.4 Å². The molecule has 0 spiro atoms. The van der Waals surface area contributed by atoms with E-state index in [0.717, 1.165) is 22.3 Å². The van der Waals surface area contributed by atoms with E-state index in [1.807, 2.05) is 65.4 Å². The Morgan fingerprint density at radius 1 is 1.21 bits per heavy atom. The lowest BCUT2D eigenvalue weighted by atomic mass is 10.3. The Hall–Kier alpha value is -2.73. The second kappa shape index (κ2) is 7.70. The number of para-hydroxylation sites is 1. The number of thioether (sulfide) groups is 1. The molecule has 0 aliphatic carbocycles. The molecule has 0 saturated heterocycles. The number of aromatic nitrogens is 2. The first-order valence-electron chi connectivity index (χ1n) is 7.42. The summed E-state index contributed by atoms with van der Waals surface area (Å²) in [7, 11) is 1.64. The number of ether oxygens (including phenoxy) is 1. The van der Waals surface area contributed by atoms with E-state index in [1.54, 1.807) is 13.3 Å². The molecule has 0 saturated carbocycles. The number of hydrogen-bond donors (Lipinski definition) is 1. The summed E-state index contributed by atoms with van der Waals surface area (Å²) in [4.78, 5) is 16.4. The number of rotatable bonds is 6. The molecule has 122 valence electrons. The van der Waals surface area contributed by atoms with Gasteiger partial charge >= 0.3 is 0 Å². The predicted octanol–water partition coefficient (Wildman–Crippen LogP) is 3.61. The number of nitrogens with zero attached hydrogens (tertiary/aromatic N) is 2. The highest BCUT2D eigenvalue weighted by Crippen LogP contribution is 2.23. The van der Waals surface area contributed by atoms with Gasteiger partial charge < -0.3 is 10.1 Å². The number of imidazole rings is 1. The average molecular weight is 339 g/mol. The maximum Gasteiger partial charge on any atom is 0.234 e. The van der Waals surface area contributed by atoms with Crippen molar-refractivity contribution in [1.82, 2.24) is 9.55 Å². The molecule has 2 aromatic carbocycles. The maximum atomic E-state index is 12.1. The van der Waals surface area contributed by atoms with E-state index in [2.05, 4.69) is 10.3 Å². The number of nitrogens with one attached hydrogen (secondary N) is 1. The normalized spacial score (nSPS) is 10.4. The number of carbonyl (C=O) groups is 1. The van der Waals surface area contributed by atoms with Gasteiger partial charge in [0.15, 0.2) is 5.16 Å². The summed E-state index contributed by atoms with van der Waals surface area (Å²) in [6, 6.07) is 17.1. The van der Waals surface area contributed by atoms with Crippen LogP contribution < -0.4 is 10.1 Å². The zero-order valence-corrected chi connectivity index (χ0v) is 14.0. The van der Waals surface area contributed by atoms with Crippen molar-refractivity contribution in [2.75, 3.05) is 18.2 Å². The van der Waals surface area contributed by atoms with Crippen molar-refractivity contribution in [3.8, 4) is 11.4 Å². The Labute approximate surface area is 144 Å². The van der Waals surface area contributed by atoms with E-state index in [1.165, 1.54) is 11.8 Å². The Balaban J connectivity index is 1.66. The number of hydrogen-bond acceptors (Lipinski definition) is 4. The van der Waals surface area contributed by atoms with Crippen molar-refractivity contribution in [3.63, 3.8) is 0 Å². The number of carbonyl (C=O) groups excluding carboxylic acids is 1. The van der Waals surface area contributed by atoms with Crippen LogP contribution in [0.2, 0.25) is 0 Å². The van der Waals surface area contributed by atoms with E-state index in [4.69, 9.17) is 4.74 Å². The van der Waals surface area contributed by atoms with Crippen LogP contribution in [0, 0.1) is 0 Å². The molecule has 24 heavy (non-hydrogen) atoms. The third kappa shape index (κ3) is 3.97. The largest absolute Gasteiger partial charge is 0.497 e. The topological polar surface area (TPSA) is 56.2 Å². The van der Waals surface area contributed by atoms with Crippen molar-refractivity contribution < 1.29 is 9.53 Å². The van der Waals surface area contributed by atoms with Gasteiger partial charge in [-0.3, -0.25) is 9.36 Å². The van der Waals surface area contributed by atoms with E-state index in [0.29, 0.717) is 0 Å². The SMILES string of the molecule is COc1cccc(-n2ccnc2SCC(=O)Nc2ccccc2)c1. The highest BCUT2D eigenvalue weighted by Gasteiger charge is 2.10. The smallest absolute Gasteiger partial charge is 0.234 e. The van der Waals surface area contributed by atoms with Crippen LogP contribution >= 0.6 is 11.8 Å². The first-order valence-corrected chi connectivity index (χ1v) is 8.40. The number of benzene rings is 2. The lowest BCUT2D eigenvalue weighted by molar-refractivity contribution is -0.113. The molecule has 3 aromatic rings. The number of anilines is 1. The standard InChI is InChI=1S/C18H17N3O2S/c1-23-16-9-5-8-15(12-16)21-11-10-19-18(21)24-13-17(22)20-14-6-3-2-4-7-14/h2-12H,13H2,1H3,(H,20,22). The fourth-order valence-corrected chi connectivity index (χ4v) is 2.98. The minimum Gasteiger partial charge on any atom is -0.497 e. The van der Waals surface area contributed by atoms with E-state index in [-0.39, 0.29) is 11.7 Å². The molecule has 1 aromatic heterocycles. The van der Waals surface area contributed by atoms with E-state index >= 15 is 0 Å². The molecule has 0 unspecified atom stereocenters. The van der Waals surface area contributed by atoms with Gasteiger partial charge in [0.25, 0.3) is 0 Å². The summed E-state index contributed by atoms with van der Waals surface area (Å²) >= 11 is 1.39. The molecule has 0 bridgehead atoms. The summed E-state index contributed by atoms with van der Waals surface area (Å²) in [5.74, 6) is 1.00. The van der Waals surface area contributed by atoms with Gasteiger partial charge in [0.2, 0.25) is 5.91 Å². The Morgan fingerprint density at radius 3 is 2.83 bits per heavy atom. The molecule has 0 atom stereocenters. The average Bonchev–Trinajstić information content (AvgIpc) is 3.09. The molecular weight excluding hydrogens is 322 g/mol. The van der Waals surface area contributed by atoms with Gasteiger partial charge in [-0.05, 0) is 24.3 Å². The molecule has 3 rings (SSSR count). The fraction of sp³-hybridized carbons (Fsp3) is 0.111. The molecular formula is C18H17N3O2S. The molecule has 0 radical (unpaired) electrons. The summed E-state index contributed by atoms with van der Waals surface area (Å²) in [5, 5.41) is 3.62. The minimum atomic E-state index is -0.0635. The summed E-state index contributed by atoms with van der Waals surface area (Å²) in [5.41, 5.74) is 1.73. The zero-order valence-electron chi connectivity index (χ0n) is 13.2. The van der Waals surface area contributed by atoms with Gasteiger partial charge in [0.1, 0.15) is 5.75 Å². The molecule has 5 nitrogen and oxygen atoms in total. The van der Waals surface area contributed by atoms with Crippen LogP contribution in [0.1, 0.15) is 0 Å². The first-order chi connectivity index (χ1) is 11.8. The predicted molar refractivity (Wildman–Crippen MR) is 95.9 cm³/mol. The summed E-state index contributed by atoms with van der Waals surface area (Å²) in [6.07, 6.45) is 3.59. The number of methoxy groups -OCH3 is 1. The molecule has 0 aliphatic rings. The van der Waals surface area contributed by atoms with Crippen LogP contribution in [0.5, 0.6) is 5.75 Å². The maximum absolute atomic E-state index is 12.1. The quantitative estimate of drug-likeness (QED) is 0.697. The lowest BCUT2D eigenvalue weighted by Crippen LogP contribution is -2.14. The van der Waals surface area contributed by atoms with Crippen LogP contribution in [-0.2, 0) is 4.79 Å². The molecule has 1 amide bonds. The van der Waals surface area contributed by atoms with Gasteiger partial charge in [-0.2, -0.15) is 0 Å². The summed E-state index contributed by atoms with van der Waals surface area (Å²) in [6.45, 7) is 0. The molecule has 6 heteroatoms. The van der Waals surface area contributed by atoms with Crippen molar-refractivity contribution in [2.24, 2.45) is 0 Å². The van der Waals surface area contributed by atoms with Crippen LogP contribution in [0.4, 0.5) is 5.69 Å². The minimum absolute atomic E-state index is 0.0635. The highest BCUT2D eigenvalue weighted by molar-refractivity contribution is 7.99. The summed E-state index contributed by atoms with van der Waals surface area (Å²) < 4.78 is 7.19. The Bertz CT molecular complexity index is 818. The van der Waals surface area contributed by atoms with Gasteiger partial charge in [-0.25, -0.2) is 4.98 Å². The van der Waals surface area contributed by atoms with Gasteiger partial charge in [-0.15, -0.1) is 0 Å². The molecule has 0 aliphatic heterocycles. The molecule has 1 N–H and O–H groups in total. The molecule has 0 fully saturated rings. The number of amides is 1. The van der Waals surface area contributed by atoms with Crippen LogP contribution in [0.25, 0.3) is 5.69 Å². The van der Waals surface area contributed by atoms with Gasteiger partial charge in [-0.1, -0.05) is 36.0 Å².